The number of nitrogen functional groups attached to an aromatic ring is 1. The third kappa shape index (κ3) is 4.92. The molecule has 3 N–H and O–H groups in total. The molecule has 0 atom stereocenters. The first-order valence-corrected chi connectivity index (χ1v) is 12.9. The predicted molar refractivity (Wildman–Crippen MR) is 151 cm³/mol. The minimum atomic E-state index is -0.498. The highest BCUT2D eigenvalue weighted by Gasteiger charge is 2.27. The van der Waals surface area contributed by atoms with E-state index in [0.29, 0.717) is 18.0 Å². The highest BCUT2D eigenvalue weighted by molar-refractivity contribution is 6.01. The number of fused-ring (bicyclic) bond motifs is 1. The van der Waals surface area contributed by atoms with Gasteiger partial charge >= 0.3 is 0 Å². The summed E-state index contributed by atoms with van der Waals surface area (Å²) >= 11 is 0. The number of hydrogen-bond acceptors (Lipinski definition) is 9. The van der Waals surface area contributed by atoms with Gasteiger partial charge in [-0.3, -0.25) is 4.79 Å². The molecule has 0 unspecified atom stereocenters. The number of hydrazone groups is 1. The highest BCUT2D eigenvalue weighted by atomic mass is 16.6. The minimum Gasteiger partial charge on any atom is -0.378 e. The molecule has 1 amide bonds. The van der Waals surface area contributed by atoms with Crippen molar-refractivity contribution in [2.24, 2.45) is 5.10 Å². The highest BCUT2D eigenvalue weighted by Crippen LogP contribution is 2.29. The Morgan fingerprint density at radius 2 is 1.75 bits per heavy atom. The van der Waals surface area contributed by atoms with Gasteiger partial charge in [-0.25, -0.2) is 10.1 Å². The number of nitrogens with one attached hydrogen (secondary N) is 1. The van der Waals surface area contributed by atoms with E-state index in [4.69, 9.17) is 10.4 Å². The quantitative estimate of drug-likeness (QED) is 0.236. The Bertz CT molecular complexity index is 1670. The second-order valence-corrected chi connectivity index (χ2v) is 9.50. The molecule has 1 aliphatic rings. The Hall–Kier alpha value is -5.32. The van der Waals surface area contributed by atoms with E-state index in [1.165, 1.54) is 10.2 Å². The van der Waals surface area contributed by atoms with Crippen molar-refractivity contribution in [3.05, 3.63) is 101 Å². The average Bonchev–Trinajstić information content (AvgIpc) is 3.62. The zero-order chi connectivity index (χ0) is 27.5. The Morgan fingerprint density at radius 1 is 1.00 bits per heavy atom. The molecular formula is C29H27N9O2. The summed E-state index contributed by atoms with van der Waals surface area (Å²) in [5.41, 5.74) is 15.3. The molecule has 0 spiro atoms. The zero-order valence-corrected chi connectivity index (χ0v) is 21.9. The Labute approximate surface area is 230 Å². The Kier molecular flexibility index (Phi) is 6.75. The van der Waals surface area contributed by atoms with Gasteiger partial charge in [0.2, 0.25) is 11.6 Å². The maximum Gasteiger partial charge on any atom is 0.293 e. The molecule has 40 heavy (non-hydrogen) atoms. The molecule has 0 saturated carbocycles. The van der Waals surface area contributed by atoms with Crippen LogP contribution in [0.1, 0.15) is 40.7 Å². The molecule has 3 heterocycles. The second-order valence-electron chi connectivity index (χ2n) is 9.50. The van der Waals surface area contributed by atoms with E-state index in [-0.39, 0.29) is 17.3 Å². The fourth-order valence-electron chi connectivity index (χ4n) is 4.87. The van der Waals surface area contributed by atoms with Gasteiger partial charge in [-0.1, -0.05) is 78.0 Å². The van der Waals surface area contributed by atoms with Crippen molar-refractivity contribution in [3.8, 4) is 16.9 Å². The van der Waals surface area contributed by atoms with Crippen molar-refractivity contribution in [3.63, 3.8) is 0 Å². The average molecular weight is 534 g/mol. The van der Waals surface area contributed by atoms with Crippen LogP contribution in [0.4, 0.5) is 11.5 Å². The molecule has 0 saturated heterocycles. The number of benzene rings is 3. The predicted octanol–water partition coefficient (Wildman–Crippen LogP) is 4.01. The smallest absolute Gasteiger partial charge is 0.293 e. The first kappa shape index (κ1) is 25.0. The molecular weight excluding hydrogens is 506 g/mol. The van der Waals surface area contributed by atoms with Crippen molar-refractivity contribution in [2.75, 3.05) is 17.2 Å². The van der Waals surface area contributed by atoms with Gasteiger partial charge in [0.15, 0.2) is 5.69 Å². The Balaban J connectivity index is 1.26. The van der Waals surface area contributed by atoms with Crippen LogP contribution in [0, 0.1) is 0 Å². The topological polar surface area (TPSA) is 140 Å². The normalized spacial score (nSPS) is 13.2. The van der Waals surface area contributed by atoms with Crippen LogP contribution in [0.5, 0.6) is 0 Å². The molecule has 11 heteroatoms. The van der Waals surface area contributed by atoms with Gasteiger partial charge in [-0.05, 0) is 58.4 Å². The lowest BCUT2D eigenvalue weighted by Gasteiger charge is -2.31. The van der Waals surface area contributed by atoms with Crippen LogP contribution in [-0.4, -0.2) is 43.5 Å². The molecule has 0 bridgehead atoms. The van der Waals surface area contributed by atoms with Crippen LogP contribution in [-0.2, 0) is 13.0 Å². The Morgan fingerprint density at radius 3 is 2.52 bits per heavy atom. The van der Waals surface area contributed by atoms with Gasteiger partial charge in [-0.15, -0.1) is 5.10 Å². The summed E-state index contributed by atoms with van der Waals surface area (Å²) in [5, 5.41) is 20.2. The van der Waals surface area contributed by atoms with Crippen LogP contribution < -0.4 is 16.1 Å². The molecule has 2 aromatic heterocycles. The van der Waals surface area contributed by atoms with E-state index < -0.39 is 5.91 Å². The summed E-state index contributed by atoms with van der Waals surface area (Å²) in [6, 6.07) is 26.4. The van der Waals surface area contributed by atoms with Gasteiger partial charge in [0.05, 0.1) is 18.0 Å². The third-order valence-corrected chi connectivity index (χ3v) is 6.96. The number of carbonyl (C=O) groups excluding carboxylic acids is 1. The summed E-state index contributed by atoms with van der Waals surface area (Å²) in [7, 11) is 0. The van der Waals surface area contributed by atoms with Gasteiger partial charge in [0.25, 0.3) is 5.91 Å². The van der Waals surface area contributed by atoms with Crippen LogP contribution in [0.25, 0.3) is 16.9 Å². The molecule has 1 aliphatic heterocycles. The largest absolute Gasteiger partial charge is 0.378 e. The van der Waals surface area contributed by atoms with E-state index in [1.807, 2.05) is 61.5 Å². The first-order chi connectivity index (χ1) is 19.6. The van der Waals surface area contributed by atoms with Crippen LogP contribution in [0.3, 0.4) is 0 Å². The van der Waals surface area contributed by atoms with Crippen molar-refractivity contribution in [1.82, 2.24) is 30.7 Å². The lowest BCUT2D eigenvalue weighted by molar-refractivity contribution is 0.0948. The van der Waals surface area contributed by atoms with E-state index in [2.05, 4.69) is 60.3 Å². The van der Waals surface area contributed by atoms with Gasteiger partial charge in [0.1, 0.15) is 0 Å². The number of amides is 1. The molecule has 0 fully saturated rings. The van der Waals surface area contributed by atoms with E-state index in [1.54, 1.807) is 0 Å². The van der Waals surface area contributed by atoms with Gasteiger partial charge in [0, 0.05) is 12.2 Å². The van der Waals surface area contributed by atoms with Crippen LogP contribution >= 0.6 is 0 Å². The van der Waals surface area contributed by atoms with Gasteiger partial charge < -0.3 is 10.6 Å². The number of para-hydroxylation sites is 1. The lowest BCUT2D eigenvalue weighted by atomic mass is 10.0. The number of hydrogen-bond donors (Lipinski definition) is 2. The summed E-state index contributed by atoms with van der Waals surface area (Å²) in [6.07, 6.45) is 1.98. The van der Waals surface area contributed by atoms with E-state index >= 15 is 0 Å². The number of aromatic nitrogens is 5. The number of nitrogens with zero attached hydrogens (tertiary/aromatic N) is 7. The summed E-state index contributed by atoms with van der Waals surface area (Å²) in [5.74, 6) is -0.281. The first-order valence-electron chi connectivity index (χ1n) is 12.9. The van der Waals surface area contributed by atoms with E-state index in [0.717, 1.165) is 41.8 Å². The monoisotopic (exact) mass is 533 g/mol. The molecule has 3 aromatic carbocycles. The maximum absolute atomic E-state index is 13.4. The van der Waals surface area contributed by atoms with Crippen molar-refractivity contribution < 1.29 is 9.42 Å². The van der Waals surface area contributed by atoms with E-state index in [9.17, 15) is 4.79 Å². The maximum atomic E-state index is 13.4. The molecule has 5 aromatic rings. The molecule has 0 radical (unpaired) electrons. The van der Waals surface area contributed by atoms with Crippen molar-refractivity contribution >= 4 is 23.1 Å². The lowest BCUT2D eigenvalue weighted by Crippen LogP contribution is -2.31. The number of rotatable bonds is 7. The zero-order valence-electron chi connectivity index (χ0n) is 21.9. The van der Waals surface area contributed by atoms with Crippen molar-refractivity contribution in [1.29, 1.82) is 0 Å². The number of aryl methyl sites for hydroxylation is 1. The summed E-state index contributed by atoms with van der Waals surface area (Å²) in [6.45, 7) is 3.00. The van der Waals surface area contributed by atoms with Gasteiger partial charge in [-0.2, -0.15) is 9.78 Å². The number of anilines is 2. The standard InChI is InChI=1S/C29H27N9O2/c1-19(20-13-15-22(16-14-20)21-8-3-2-4-9-21)31-33-29(39)26-25(38(36-32-26)28-27(30)34-40-35-28)18-37-17-7-11-23-10-5-6-12-24(23)37/h2-6,8-10,12-16H,7,11,17-18H2,1H3,(H2,30,34)(H,33,39). The summed E-state index contributed by atoms with van der Waals surface area (Å²) < 4.78 is 6.19. The molecule has 6 rings (SSSR count). The number of carbonyl (C=O) groups is 1. The fourth-order valence-corrected chi connectivity index (χ4v) is 4.87. The van der Waals surface area contributed by atoms with Crippen LogP contribution in [0.2, 0.25) is 0 Å². The molecule has 11 nitrogen and oxygen atoms in total. The molecule has 0 aliphatic carbocycles. The molecule has 200 valence electrons. The van der Waals surface area contributed by atoms with Crippen molar-refractivity contribution in [2.45, 2.75) is 26.3 Å². The third-order valence-electron chi connectivity index (χ3n) is 6.96. The number of nitrogens with two attached hydrogens (primary N) is 1. The van der Waals surface area contributed by atoms with Crippen LogP contribution in [0.15, 0.2) is 88.6 Å². The minimum absolute atomic E-state index is 0.0463. The fraction of sp³-hybridized carbons (Fsp3) is 0.172. The summed E-state index contributed by atoms with van der Waals surface area (Å²) in [4.78, 5) is 15.5. The SMILES string of the molecule is CC(=NNC(=O)c1nnn(-c2nonc2N)c1CN1CCCc2ccccc21)c1ccc(-c2ccccc2)cc1. The second kappa shape index (κ2) is 10.8.